The van der Waals surface area contributed by atoms with Crippen molar-refractivity contribution in [3.63, 3.8) is 0 Å². The molecule has 0 spiro atoms. The summed E-state index contributed by atoms with van der Waals surface area (Å²) in [5.74, 6) is 2.35. The third kappa shape index (κ3) is 6.47. The van der Waals surface area contributed by atoms with Gasteiger partial charge in [0, 0.05) is 31.7 Å². The second-order valence-electron chi connectivity index (χ2n) is 9.24. The molecule has 174 valence electrons. The smallest absolute Gasteiger partial charge is 0.220 e. The maximum atomic E-state index is 12.3. The summed E-state index contributed by atoms with van der Waals surface area (Å²) in [7, 11) is 0. The number of aromatic nitrogens is 3. The molecule has 0 radical (unpaired) electrons. The maximum Gasteiger partial charge on any atom is 0.220 e. The molecule has 2 heterocycles. The molecule has 0 aliphatic carbocycles. The molecule has 1 aliphatic rings. The first-order chi connectivity index (χ1) is 16.0. The van der Waals surface area contributed by atoms with Gasteiger partial charge >= 0.3 is 0 Å². The Morgan fingerprint density at radius 2 is 1.82 bits per heavy atom. The Balaban J connectivity index is 1.55. The summed E-state index contributed by atoms with van der Waals surface area (Å²) in [5, 5.41) is 13.2. The van der Waals surface area contributed by atoms with Crippen molar-refractivity contribution < 1.29 is 4.79 Å². The number of fused-ring (bicyclic) bond motifs is 3. The van der Waals surface area contributed by atoms with Crippen molar-refractivity contribution in [2.75, 3.05) is 6.54 Å². The van der Waals surface area contributed by atoms with E-state index in [-0.39, 0.29) is 5.91 Å². The molecule has 0 saturated carbocycles. The van der Waals surface area contributed by atoms with Gasteiger partial charge in [0.1, 0.15) is 5.82 Å². The van der Waals surface area contributed by atoms with Gasteiger partial charge in [-0.05, 0) is 55.7 Å². The highest BCUT2D eigenvalue weighted by Gasteiger charge is 2.15. The summed E-state index contributed by atoms with van der Waals surface area (Å²) >= 11 is 1.76. The number of nitrogens with one attached hydrogen (secondary N) is 1. The van der Waals surface area contributed by atoms with Crippen LogP contribution >= 0.6 is 11.8 Å². The van der Waals surface area contributed by atoms with Gasteiger partial charge in [-0.15, -0.1) is 10.2 Å². The maximum absolute atomic E-state index is 12.3. The van der Waals surface area contributed by atoms with Crippen molar-refractivity contribution in [3.8, 4) is 0 Å². The molecular weight excluding hydrogens is 428 g/mol. The van der Waals surface area contributed by atoms with Crippen molar-refractivity contribution in [3.05, 3.63) is 76.1 Å². The molecule has 1 aliphatic heterocycles. The van der Waals surface area contributed by atoms with Gasteiger partial charge in [0.2, 0.25) is 5.91 Å². The minimum Gasteiger partial charge on any atom is -0.356 e. The van der Waals surface area contributed by atoms with E-state index in [1.165, 1.54) is 27.8 Å². The van der Waals surface area contributed by atoms with E-state index >= 15 is 0 Å². The Hall–Kier alpha value is -2.60. The van der Waals surface area contributed by atoms with Crippen LogP contribution in [0.4, 0.5) is 0 Å². The van der Waals surface area contributed by atoms with Gasteiger partial charge in [0.15, 0.2) is 5.16 Å². The summed E-state index contributed by atoms with van der Waals surface area (Å²) < 4.78 is 2.29. The van der Waals surface area contributed by atoms with Crippen LogP contribution < -0.4 is 5.32 Å². The largest absolute Gasteiger partial charge is 0.356 e. The molecule has 1 N–H and O–H groups in total. The molecule has 0 saturated heterocycles. The van der Waals surface area contributed by atoms with Crippen LogP contribution in [0.2, 0.25) is 0 Å². The van der Waals surface area contributed by atoms with Crippen molar-refractivity contribution in [1.82, 2.24) is 20.1 Å². The summed E-state index contributed by atoms with van der Waals surface area (Å²) in [6, 6.07) is 15.5. The molecule has 6 heteroatoms. The van der Waals surface area contributed by atoms with Crippen LogP contribution in [0.15, 0.2) is 47.6 Å². The summed E-state index contributed by atoms with van der Waals surface area (Å²) in [6.07, 6.45) is 4.16. The van der Waals surface area contributed by atoms with E-state index in [0.29, 0.717) is 18.9 Å². The standard InChI is InChI=1S/C27H34N4OS/c1-19-13-20(2)15-23(14-19)18-33-27-30-29-25-9-4-5-10-26(32)28-17-21(3)24-8-6-7-22(16-24)11-12-31(25)27/h6-8,13-16,21H,4-5,9-12,17-18H2,1-3H3,(H,28,32). The first kappa shape index (κ1) is 23.6. The second-order valence-corrected chi connectivity index (χ2v) is 10.2. The number of carbonyl (C=O) groups excluding carboxylic acids is 1. The Morgan fingerprint density at radius 1 is 1.03 bits per heavy atom. The average Bonchev–Trinajstić information content (AvgIpc) is 3.18. The third-order valence-corrected chi connectivity index (χ3v) is 7.28. The van der Waals surface area contributed by atoms with E-state index in [4.69, 9.17) is 0 Å². The third-order valence-electron chi connectivity index (χ3n) is 6.25. The summed E-state index contributed by atoms with van der Waals surface area (Å²) in [5.41, 5.74) is 6.49. The molecule has 2 aromatic carbocycles. The minimum absolute atomic E-state index is 0.138. The van der Waals surface area contributed by atoms with Crippen molar-refractivity contribution in [1.29, 1.82) is 0 Å². The van der Waals surface area contributed by atoms with E-state index < -0.39 is 0 Å². The monoisotopic (exact) mass is 462 g/mol. The Morgan fingerprint density at radius 3 is 2.64 bits per heavy atom. The number of amides is 1. The number of aryl methyl sites for hydroxylation is 4. The predicted octanol–water partition coefficient (Wildman–Crippen LogP) is 5.38. The molecule has 33 heavy (non-hydrogen) atoms. The van der Waals surface area contributed by atoms with Crippen molar-refractivity contribution in [2.24, 2.45) is 0 Å². The molecule has 1 aromatic heterocycles. The molecule has 1 atom stereocenters. The number of carbonyl (C=O) groups is 1. The molecule has 2 bridgehead atoms. The highest BCUT2D eigenvalue weighted by Crippen LogP contribution is 2.25. The molecule has 4 rings (SSSR count). The zero-order chi connectivity index (χ0) is 23.2. The average molecular weight is 463 g/mol. The number of benzene rings is 2. The Kier molecular flexibility index (Phi) is 7.86. The van der Waals surface area contributed by atoms with Gasteiger partial charge in [-0.25, -0.2) is 0 Å². The number of hydrogen-bond donors (Lipinski definition) is 1. The van der Waals surface area contributed by atoms with Crippen LogP contribution in [0.1, 0.15) is 65.7 Å². The van der Waals surface area contributed by atoms with Gasteiger partial charge in [-0.2, -0.15) is 0 Å². The molecule has 1 amide bonds. The second kappa shape index (κ2) is 11.0. The summed E-state index contributed by atoms with van der Waals surface area (Å²) in [4.78, 5) is 12.3. The van der Waals surface area contributed by atoms with Crippen LogP contribution in [0.25, 0.3) is 0 Å². The Labute approximate surface area is 201 Å². The zero-order valence-corrected chi connectivity index (χ0v) is 20.8. The summed E-state index contributed by atoms with van der Waals surface area (Å²) in [6.45, 7) is 8.03. The lowest BCUT2D eigenvalue weighted by molar-refractivity contribution is -0.121. The van der Waals surface area contributed by atoms with E-state index in [1.807, 2.05) is 0 Å². The lowest BCUT2D eigenvalue weighted by Gasteiger charge is -2.14. The van der Waals surface area contributed by atoms with Crippen LogP contribution in [0.5, 0.6) is 0 Å². The first-order valence-electron chi connectivity index (χ1n) is 12.0. The lowest BCUT2D eigenvalue weighted by Crippen LogP contribution is -2.27. The molecule has 5 nitrogen and oxygen atoms in total. The quantitative estimate of drug-likeness (QED) is 0.531. The molecule has 0 fully saturated rings. The minimum atomic E-state index is 0.138. The fourth-order valence-electron chi connectivity index (χ4n) is 4.47. The van der Waals surface area contributed by atoms with Crippen molar-refractivity contribution >= 4 is 17.7 Å². The van der Waals surface area contributed by atoms with E-state index in [9.17, 15) is 4.79 Å². The Bertz CT molecular complexity index is 1090. The van der Waals surface area contributed by atoms with Crippen LogP contribution in [0, 0.1) is 13.8 Å². The van der Waals surface area contributed by atoms with Gasteiger partial charge in [-0.3, -0.25) is 4.79 Å². The highest BCUT2D eigenvalue weighted by atomic mass is 32.2. The van der Waals surface area contributed by atoms with Crippen LogP contribution in [0.3, 0.4) is 0 Å². The van der Waals surface area contributed by atoms with E-state index in [0.717, 1.165) is 49.0 Å². The number of nitrogens with zero attached hydrogens (tertiary/aromatic N) is 3. The topological polar surface area (TPSA) is 59.8 Å². The predicted molar refractivity (Wildman–Crippen MR) is 135 cm³/mol. The first-order valence-corrected chi connectivity index (χ1v) is 12.9. The van der Waals surface area contributed by atoms with E-state index in [2.05, 4.69) is 83.3 Å². The van der Waals surface area contributed by atoms with Crippen LogP contribution in [-0.4, -0.2) is 27.2 Å². The fourth-order valence-corrected chi connectivity index (χ4v) is 5.39. The van der Waals surface area contributed by atoms with Gasteiger partial charge < -0.3 is 9.88 Å². The molecule has 1 unspecified atom stereocenters. The van der Waals surface area contributed by atoms with Gasteiger partial charge in [-0.1, -0.05) is 72.3 Å². The SMILES string of the molecule is Cc1cc(C)cc(CSc2nnc3n2CCc2cccc(c2)C(C)CNC(=O)CCCC3)c1. The van der Waals surface area contributed by atoms with E-state index in [1.54, 1.807) is 11.8 Å². The normalized spacial score (nSPS) is 17.5. The fraction of sp³-hybridized carbons (Fsp3) is 0.444. The lowest BCUT2D eigenvalue weighted by atomic mass is 9.98. The van der Waals surface area contributed by atoms with Crippen LogP contribution in [-0.2, 0) is 29.9 Å². The zero-order valence-electron chi connectivity index (χ0n) is 19.9. The molecule has 3 aromatic rings. The highest BCUT2D eigenvalue weighted by molar-refractivity contribution is 7.98. The van der Waals surface area contributed by atoms with Crippen molar-refractivity contribution in [2.45, 2.75) is 76.2 Å². The molecular formula is C27H34N4OS. The van der Waals surface area contributed by atoms with Gasteiger partial charge in [0.05, 0.1) is 0 Å². The van der Waals surface area contributed by atoms with Gasteiger partial charge in [0.25, 0.3) is 0 Å². The number of thioether (sulfide) groups is 1. The number of rotatable bonds is 3. The number of hydrogen-bond acceptors (Lipinski definition) is 4.